The van der Waals surface area contributed by atoms with E-state index in [2.05, 4.69) is 5.32 Å². The molecule has 0 radical (unpaired) electrons. The number of hydrogen-bond acceptors (Lipinski definition) is 4. The van der Waals surface area contributed by atoms with Crippen molar-refractivity contribution in [2.45, 2.75) is 58.4 Å². The van der Waals surface area contributed by atoms with Crippen LogP contribution in [0.15, 0.2) is 83.8 Å². The molecule has 3 rings (SSSR count). The quantitative estimate of drug-likeness (QED) is 0.313. The van der Waals surface area contributed by atoms with Crippen LogP contribution in [-0.4, -0.2) is 50.8 Å². The molecule has 3 aromatic carbocycles. The van der Waals surface area contributed by atoms with Crippen molar-refractivity contribution in [1.82, 2.24) is 10.2 Å². The average Bonchev–Trinajstić information content (AvgIpc) is 2.94. The molecule has 2 amide bonds. The number of aryl methyl sites for hydroxylation is 2. The van der Waals surface area contributed by atoms with Gasteiger partial charge in [-0.15, -0.1) is 0 Å². The van der Waals surface area contributed by atoms with Gasteiger partial charge in [-0.3, -0.25) is 13.9 Å². The van der Waals surface area contributed by atoms with Crippen molar-refractivity contribution in [2.24, 2.45) is 5.92 Å². The van der Waals surface area contributed by atoms with Gasteiger partial charge in [-0.25, -0.2) is 8.42 Å². The molecule has 0 aliphatic heterocycles. The van der Waals surface area contributed by atoms with Crippen molar-refractivity contribution in [3.05, 3.63) is 95.6 Å². The first-order valence-electron chi connectivity index (χ1n) is 13.8. The lowest BCUT2D eigenvalue weighted by molar-refractivity contribution is -0.139. The molecule has 214 valence electrons. The lowest BCUT2D eigenvalue weighted by Crippen LogP contribution is -2.53. The second-order valence-corrected chi connectivity index (χ2v) is 12.4. The molecule has 1 N–H and O–H groups in total. The third kappa shape index (κ3) is 7.94. The smallest absolute Gasteiger partial charge is 0.264 e. The van der Waals surface area contributed by atoms with Crippen LogP contribution in [-0.2, 0) is 26.0 Å². The SMILES string of the molecule is CC[C@@H](C(=O)NCC(C)C)N(CCc1ccccc1)C(=O)CN(c1cc(C)ccc1C)S(=O)(=O)c1ccccc1. The Bertz CT molecular complexity index is 1380. The minimum Gasteiger partial charge on any atom is -0.354 e. The summed E-state index contributed by atoms with van der Waals surface area (Å²) in [4.78, 5) is 29.0. The van der Waals surface area contributed by atoms with Gasteiger partial charge in [-0.05, 0) is 67.5 Å². The molecule has 0 aliphatic rings. The van der Waals surface area contributed by atoms with Gasteiger partial charge in [-0.1, -0.05) is 81.4 Å². The zero-order valence-corrected chi connectivity index (χ0v) is 24.9. The van der Waals surface area contributed by atoms with Crippen LogP contribution in [0.1, 0.15) is 43.9 Å². The van der Waals surface area contributed by atoms with Crippen molar-refractivity contribution >= 4 is 27.5 Å². The van der Waals surface area contributed by atoms with Gasteiger partial charge < -0.3 is 10.2 Å². The van der Waals surface area contributed by atoms with Crippen LogP contribution in [0.3, 0.4) is 0 Å². The summed E-state index contributed by atoms with van der Waals surface area (Å²) in [5.74, 6) is -0.407. The van der Waals surface area contributed by atoms with Crippen LogP contribution in [0, 0.1) is 19.8 Å². The zero-order chi connectivity index (χ0) is 29.3. The molecule has 8 heteroatoms. The number of nitrogens with one attached hydrogen (secondary N) is 1. The van der Waals surface area contributed by atoms with E-state index >= 15 is 0 Å². The van der Waals surface area contributed by atoms with E-state index < -0.39 is 28.5 Å². The van der Waals surface area contributed by atoms with E-state index in [0.29, 0.717) is 25.1 Å². The first-order chi connectivity index (χ1) is 19.0. The fourth-order valence-corrected chi connectivity index (χ4v) is 6.03. The van der Waals surface area contributed by atoms with Gasteiger partial charge in [0, 0.05) is 13.1 Å². The summed E-state index contributed by atoms with van der Waals surface area (Å²) in [7, 11) is -4.08. The predicted octanol–water partition coefficient (Wildman–Crippen LogP) is 5.12. The van der Waals surface area contributed by atoms with Gasteiger partial charge in [0.05, 0.1) is 10.6 Å². The number of rotatable bonds is 13. The normalized spacial score (nSPS) is 12.2. The number of nitrogens with zero attached hydrogens (tertiary/aromatic N) is 2. The van der Waals surface area contributed by atoms with Crippen LogP contribution < -0.4 is 9.62 Å². The molecule has 3 aromatic rings. The minimum absolute atomic E-state index is 0.0984. The molecule has 0 saturated heterocycles. The highest BCUT2D eigenvalue weighted by atomic mass is 32.2. The van der Waals surface area contributed by atoms with Crippen molar-refractivity contribution in [3.8, 4) is 0 Å². The second-order valence-electron chi connectivity index (χ2n) is 10.5. The summed E-state index contributed by atoms with van der Waals surface area (Å²) in [5, 5.41) is 2.96. The van der Waals surface area contributed by atoms with Crippen LogP contribution in [0.25, 0.3) is 0 Å². The third-order valence-corrected chi connectivity index (χ3v) is 8.57. The molecule has 0 bridgehead atoms. The van der Waals surface area contributed by atoms with E-state index in [4.69, 9.17) is 0 Å². The molecule has 40 heavy (non-hydrogen) atoms. The second kappa shape index (κ2) is 14.1. The maximum Gasteiger partial charge on any atom is 0.264 e. The molecule has 0 fully saturated rings. The first-order valence-corrected chi connectivity index (χ1v) is 15.2. The van der Waals surface area contributed by atoms with Gasteiger partial charge in [0.25, 0.3) is 10.0 Å². The predicted molar refractivity (Wildman–Crippen MR) is 161 cm³/mol. The topological polar surface area (TPSA) is 86.8 Å². The lowest BCUT2D eigenvalue weighted by atomic mass is 10.1. The molecule has 7 nitrogen and oxygen atoms in total. The maximum atomic E-state index is 14.1. The highest BCUT2D eigenvalue weighted by Gasteiger charge is 2.34. The van der Waals surface area contributed by atoms with E-state index in [1.165, 1.54) is 16.4 Å². The van der Waals surface area contributed by atoms with Crippen LogP contribution in [0.5, 0.6) is 0 Å². The number of hydrogen-bond donors (Lipinski definition) is 1. The Morgan fingerprint density at radius 3 is 2.12 bits per heavy atom. The van der Waals surface area contributed by atoms with Crippen molar-refractivity contribution < 1.29 is 18.0 Å². The van der Waals surface area contributed by atoms with E-state index in [1.54, 1.807) is 29.2 Å². The number of carbonyl (C=O) groups is 2. The Balaban J connectivity index is 2.02. The Morgan fingerprint density at radius 1 is 0.900 bits per heavy atom. The minimum atomic E-state index is -4.08. The molecule has 0 unspecified atom stereocenters. The molecule has 0 aromatic heterocycles. The molecule has 0 heterocycles. The van der Waals surface area contributed by atoms with Gasteiger partial charge in [-0.2, -0.15) is 0 Å². The summed E-state index contributed by atoms with van der Waals surface area (Å²) in [6.45, 7) is 9.95. The van der Waals surface area contributed by atoms with E-state index in [0.717, 1.165) is 16.7 Å². The summed E-state index contributed by atoms with van der Waals surface area (Å²) in [6.07, 6.45) is 0.939. The fraction of sp³-hybridized carbons (Fsp3) is 0.375. The zero-order valence-electron chi connectivity index (χ0n) is 24.1. The Morgan fingerprint density at radius 2 is 1.52 bits per heavy atom. The molecule has 1 atom stereocenters. The van der Waals surface area contributed by atoms with Gasteiger partial charge >= 0.3 is 0 Å². The van der Waals surface area contributed by atoms with Crippen LogP contribution in [0.4, 0.5) is 5.69 Å². The van der Waals surface area contributed by atoms with E-state index in [9.17, 15) is 18.0 Å². The molecular weight excluding hydrogens is 522 g/mol. The molecule has 0 spiro atoms. The summed E-state index contributed by atoms with van der Waals surface area (Å²) in [5.41, 5.74) is 3.08. The number of carbonyl (C=O) groups excluding carboxylic acids is 2. The highest BCUT2D eigenvalue weighted by Crippen LogP contribution is 2.28. The molecule has 0 aliphatic carbocycles. The third-order valence-electron chi connectivity index (χ3n) is 6.80. The van der Waals surface area contributed by atoms with Gasteiger partial charge in [0.15, 0.2) is 0 Å². The monoisotopic (exact) mass is 563 g/mol. The molecular formula is C32H41N3O4S. The van der Waals surface area contributed by atoms with Crippen molar-refractivity contribution in [1.29, 1.82) is 0 Å². The van der Waals surface area contributed by atoms with E-state index in [1.807, 2.05) is 77.1 Å². The maximum absolute atomic E-state index is 14.1. The lowest BCUT2D eigenvalue weighted by Gasteiger charge is -2.33. The number of amides is 2. The Hall–Kier alpha value is -3.65. The highest BCUT2D eigenvalue weighted by molar-refractivity contribution is 7.92. The standard InChI is InChI=1S/C32H41N3O4S/c1-6-29(32(37)33-22-24(2)3)34(20-19-27-13-9-7-10-14-27)31(36)23-35(30-21-25(4)17-18-26(30)5)40(38,39)28-15-11-8-12-16-28/h7-18,21,24,29H,6,19-20,22-23H2,1-5H3,(H,33,37)/t29-/m0/s1. The number of sulfonamides is 1. The van der Waals surface area contributed by atoms with Crippen molar-refractivity contribution in [2.75, 3.05) is 23.9 Å². The van der Waals surface area contributed by atoms with Gasteiger partial charge in [0.2, 0.25) is 11.8 Å². The Kier molecular flexibility index (Phi) is 10.9. The number of anilines is 1. The summed E-state index contributed by atoms with van der Waals surface area (Å²) in [6, 6.07) is 22.7. The van der Waals surface area contributed by atoms with Crippen molar-refractivity contribution in [3.63, 3.8) is 0 Å². The number of benzene rings is 3. The fourth-order valence-electron chi connectivity index (χ4n) is 4.54. The van der Waals surface area contributed by atoms with Crippen LogP contribution >= 0.6 is 0 Å². The Labute approximate surface area is 239 Å². The largest absolute Gasteiger partial charge is 0.354 e. The van der Waals surface area contributed by atoms with Crippen LogP contribution in [0.2, 0.25) is 0 Å². The van der Waals surface area contributed by atoms with Gasteiger partial charge in [0.1, 0.15) is 12.6 Å². The molecule has 0 saturated carbocycles. The average molecular weight is 564 g/mol. The summed E-state index contributed by atoms with van der Waals surface area (Å²) < 4.78 is 29.1. The van der Waals surface area contributed by atoms with E-state index in [-0.39, 0.29) is 23.3 Å². The first kappa shape index (κ1) is 30.9. The summed E-state index contributed by atoms with van der Waals surface area (Å²) >= 11 is 0.